The first kappa shape index (κ1) is 18.0. The number of hydrogen-bond acceptors (Lipinski definition) is 5. The fourth-order valence-corrected chi connectivity index (χ4v) is 4.54. The lowest BCUT2D eigenvalue weighted by Crippen LogP contribution is -2.43. The molecule has 0 N–H and O–H groups in total. The van der Waals surface area contributed by atoms with Gasteiger partial charge in [-0.15, -0.1) is 10.2 Å². The van der Waals surface area contributed by atoms with Gasteiger partial charge >= 0.3 is 0 Å². The summed E-state index contributed by atoms with van der Waals surface area (Å²) in [4.78, 5) is 14.5. The Morgan fingerprint density at radius 3 is 2.67 bits per heavy atom. The van der Waals surface area contributed by atoms with Crippen molar-refractivity contribution in [1.29, 1.82) is 0 Å². The number of amides is 1. The van der Waals surface area contributed by atoms with Crippen LogP contribution in [0.3, 0.4) is 0 Å². The number of piperidine rings is 1. The standard InChI is InChI=1S/C21H23N3O2S/c1-14-10-15(2)12-24(11-14)19(25)13-27-21-23-22-20(26-21)18-9-5-7-16-6-3-4-8-17(16)18/h3-9,14-15H,10-13H2,1-2H3. The van der Waals surface area contributed by atoms with E-state index < -0.39 is 0 Å². The molecule has 0 spiro atoms. The molecular weight excluding hydrogens is 358 g/mol. The van der Waals surface area contributed by atoms with Gasteiger partial charge in [-0.3, -0.25) is 4.79 Å². The van der Waals surface area contributed by atoms with Crippen molar-refractivity contribution >= 4 is 28.4 Å². The summed E-state index contributed by atoms with van der Waals surface area (Å²) >= 11 is 1.31. The maximum Gasteiger partial charge on any atom is 0.277 e. The van der Waals surface area contributed by atoms with Crippen molar-refractivity contribution in [3.8, 4) is 11.5 Å². The van der Waals surface area contributed by atoms with Gasteiger partial charge in [0.1, 0.15) is 0 Å². The van der Waals surface area contributed by atoms with Crippen molar-refractivity contribution in [2.45, 2.75) is 25.5 Å². The summed E-state index contributed by atoms with van der Waals surface area (Å²) in [6.07, 6.45) is 1.19. The van der Waals surface area contributed by atoms with Gasteiger partial charge in [-0.05, 0) is 35.1 Å². The zero-order valence-corrected chi connectivity index (χ0v) is 16.4. The Balaban J connectivity index is 1.45. The van der Waals surface area contributed by atoms with E-state index in [4.69, 9.17) is 4.42 Å². The van der Waals surface area contributed by atoms with Gasteiger partial charge in [0.15, 0.2) is 0 Å². The summed E-state index contributed by atoms with van der Waals surface area (Å²) in [5.41, 5.74) is 0.914. The molecular formula is C21H23N3O2S. The molecule has 6 heteroatoms. The van der Waals surface area contributed by atoms with Crippen LogP contribution in [0.25, 0.3) is 22.2 Å². The predicted molar refractivity (Wildman–Crippen MR) is 107 cm³/mol. The van der Waals surface area contributed by atoms with Crippen LogP contribution in [0.1, 0.15) is 20.3 Å². The van der Waals surface area contributed by atoms with Crippen LogP contribution >= 0.6 is 11.8 Å². The number of nitrogens with zero attached hydrogens (tertiary/aromatic N) is 3. The minimum absolute atomic E-state index is 0.142. The molecule has 4 rings (SSSR count). The first-order valence-corrected chi connectivity index (χ1v) is 10.3. The highest BCUT2D eigenvalue weighted by atomic mass is 32.2. The molecule has 3 aromatic rings. The Bertz CT molecular complexity index is 940. The molecule has 1 aliphatic rings. The van der Waals surface area contributed by atoms with E-state index in [0.29, 0.717) is 28.7 Å². The summed E-state index contributed by atoms with van der Waals surface area (Å²) in [6, 6.07) is 14.1. The SMILES string of the molecule is CC1CC(C)CN(C(=O)CSc2nnc(-c3cccc4ccccc34)o2)C1. The molecule has 0 saturated carbocycles. The second-order valence-electron chi connectivity index (χ2n) is 7.43. The molecule has 2 atom stereocenters. The first-order chi connectivity index (χ1) is 13.1. The minimum Gasteiger partial charge on any atom is -0.411 e. The number of rotatable bonds is 4. The third-order valence-corrected chi connectivity index (χ3v) is 5.77. The third-order valence-electron chi connectivity index (χ3n) is 4.97. The van der Waals surface area contributed by atoms with Gasteiger partial charge in [0, 0.05) is 18.7 Å². The molecule has 27 heavy (non-hydrogen) atoms. The number of carbonyl (C=O) groups excluding carboxylic acids is 1. The maximum absolute atomic E-state index is 12.5. The Kier molecular flexibility index (Phi) is 5.16. The average Bonchev–Trinajstić information content (AvgIpc) is 3.13. The van der Waals surface area contributed by atoms with Gasteiger partial charge < -0.3 is 9.32 Å². The van der Waals surface area contributed by atoms with Crippen LogP contribution in [0.5, 0.6) is 0 Å². The normalized spacial score (nSPS) is 20.1. The van der Waals surface area contributed by atoms with Crippen LogP contribution in [0.2, 0.25) is 0 Å². The molecule has 0 bridgehead atoms. The zero-order valence-electron chi connectivity index (χ0n) is 15.6. The van der Waals surface area contributed by atoms with Crippen molar-refractivity contribution in [1.82, 2.24) is 15.1 Å². The van der Waals surface area contributed by atoms with Crippen molar-refractivity contribution in [2.75, 3.05) is 18.8 Å². The zero-order chi connectivity index (χ0) is 18.8. The van der Waals surface area contributed by atoms with Gasteiger partial charge in [0.05, 0.1) is 5.75 Å². The molecule has 140 valence electrons. The van der Waals surface area contributed by atoms with Crippen LogP contribution in [-0.4, -0.2) is 39.8 Å². The molecule has 2 unspecified atom stereocenters. The van der Waals surface area contributed by atoms with E-state index in [1.165, 1.54) is 18.2 Å². The van der Waals surface area contributed by atoms with Crippen molar-refractivity contribution in [3.63, 3.8) is 0 Å². The topological polar surface area (TPSA) is 59.2 Å². The first-order valence-electron chi connectivity index (χ1n) is 9.32. The van der Waals surface area contributed by atoms with Crippen LogP contribution in [0.4, 0.5) is 0 Å². The van der Waals surface area contributed by atoms with E-state index >= 15 is 0 Å². The molecule has 2 heterocycles. The van der Waals surface area contributed by atoms with Crippen molar-refractivity contribution in [3.05, 3.63) is 42.5 Å². The number of carbonyl (C=O) groups is 1. The molecule has 1 amide bonds. The number of aromatic nitrogens is 2. The van der Waals surface area contributed by atoms with E-state index in [9.17, 15) is 4.79 Å². The largest absolute Gasteiger partial charge is 0.411 e. The number of hydrogen-bond donors (Lipinski definition) is 0. The highest BCUT2D eigenvalue weighted by Crippen LogP contribution is 2.30. The Hall–Kier alpha value is -2.34. The summed E-state index contributed by atoms with van der Waals surface area (Å²) < 4.78 is 5.83. The molecule has 5 nitrogen and oxygen atoms in total. The van der Waals surface area contributed by atoms with Crippen molar-refractivity contribution in [2.24, 2.45) is 11.8 Å². The smallest absolute Gasteiger partial charge is 0.277 e. The lowest BCUT2D eigenvalue weighted by atomic mass is 9.92. The molecule has 2 aromatic carbocycles. The lowest BCUT2D eigenvalue weighted by Gasteiger charge is -2.34. The highest BCUT2D eigenvalue weighted by Gasteiger charge is 2.25. The van der Waals surface area contributed by atoms with Crippen LogP contribution in [0.15, 0.2) is 52.1 Å². The van der Waals surface area contributed by atoms with Gasteiger partial charge in [-0.2, -0.15) is 0 Å². The van der Waals surface area contributed by atoms with E-state index in [2.05, 4.69) is 36.2 Å². The molecule has 1 fully saturated rings. The van der Waals surface area contributed by atoms with E-state index in [0.717, 1.165) is 29.4 Å². The molecule has 1 aromatic heterocycles. The predicted octanol–water partition coefficient (Wildman–Crippen LogP) is 4.49. The number of likely N-dealkylation sites (tertiary alicyclic amines) is 1. The van der Waals surface area contributed by atoms with Gasteiger partial charge in [0.2, 0.25) is 11.8 Å². The molecule has 0 aliphatic carbocycles. The quantitative estimate of drug-likeness (QED) is 0.623. The second kappa shape index (κ2) is 7.72. The number of thioether (sulfide) groups is 1. The van der Waals surface area contributed by atoms with E-state index in [-0.39, 0.29) is 5.91 Å². The Morgan fingerprint density at radius 1 is 1.11 bits per heavy atom. The summed E-state index contributed by atoms with van der Waals surface area (Å²) in [5, 5.41) is 11.0. The Labute approximate surface area is 163 Å². The maximum atomic E-state index is 12.5. The molecule has 1 aliphatic heterocycles. The fraction of sp³-hybridized carbons (Fsp3) is 0.381. The fourth-order valence-electron chi connectivity index (χ4n) is 3.87. The van der Waals surface area contributed by atoms with Crippen LogP contribution < -0.4 is 0 Å². The summed E-state index contributed by atoms with van der Waals surface area (Å²) in [7, 11) is 0. The molecule has 0 radical (unpaired) electrons. The van der Waals surface area contributed by atoms with Crippen LogP contribution in [0, 0.1) is 11.8 Å². The highest BCUT2D eigenvalue weighted by molar-refractivity contribution is 7.99. The second-order valence-corrected chi connectivity index (χ2v) is 8.36. The Morgan fingerprint density at radius 2 is 1.85 bits per heavy atom. The van der Waals surface area contributed by atoms with Gasteiger partial charge in [-0.1, -0.05) is 62.0 Å². The summed E-state index contributed by atoms with van der Waals surface area (Å²) in [5.74, 6) is 2.08. The average molecular weight is 382 g/mol. The monoisotopic (exact) mass is 381 g/mol. The third kappa shape index (κ3) is 4.00. The van der Waals surface area contributed by atoms with Gasteiger partial charge in [0.25, 0.3) is 5.22 Å². The minimum atomic E-state index is 0.142. The van der Waals surface area contributed by atoms with Gasteiger partial charge in [-0.25, -0.2) is 0 Å². The van der Waals surface area contributed by atoms with E-state index in [1.807, 2.05) is 35.2 Å². The summed E-state index contributed by atoms with van der Waals surface area (Å²) in [6.45, 7) is 6.10. The van der Waals surface area contributed by atoms with Crippen molar-refractivity contribution < 1.29 is 9.21 Å². The number of benzene rings is 2. The number of fused-ring (bicyclic) bond motifs is 1. The van der Waals surface area contributed by atoms with Crippen LogP contribution in [-0.2, 0) is 4.79 Å². The molecule has 1 saturated heterocycles. The van der Waals surface area contributed by atoms with E-state index in [1.54, 1.807) is 0 Å². The lowest BCUT2D eigenvalue weighted by molar-refractivity contribution is -0.130.